The number of rotatable bonds is 6. The average molecular weight is 431 g/mol. The number of anilines is 3. The van der Waals surface area contributed by atoms with Gasteiger partial charge in [0.05, 0.1) is 25.4 Å². The fourth-order valence-electron chi connectivity index (χ4n) is 3.70. The molecular formula is C26H30BNO4. The lowest BCUT2D eigenvalue weighted by atomic mass is 9.79. The van der Waals surface area contributed by atoms with Gasteiger partial charge in [0, 0.05) is 17.1 Å². The zero-order chi connectivity index (χ0) is 22.9. The van der Waals surface area contributed by atoms with Crippen LogP contribution in [0.25, 0.3) is 0 Å². The highest BCUT2D eigenvalue weighted by atomic mass is 16.7. The summed E-state index contributed by atoms with van der Waals surface area (Å²) >= 11 is 0. The van der Waals surface area contributed by atoms with Gasteiger partial charge in [-0.2, -0.15) is 0 Å². The van der Waals surface area contributed by atoms with Crippen molar-refractivity contribution in [1.82, 2.24) is 0 Å². The molecule has 1 aliphatic heterocycles. The molecule has 0 bridgehead atoms. The first-order valence-electron chi connectivity index (χ1n) is 10.8. The minimum absolute atomic E-state index is 0.390. The van der Waals surface area contributed by atoms with Crippen LogP contribution >= 0.6 is 0 Å². The molecule has 0 aromatic heterocycles. The second kappa shape index (κ2) is 8.53. The number of nitrogens with zero attached hydrogens (tertiary/aromatic N) is 1. The van der Waals surface area contributed by atoms with Gasteiger partial charge in [0.2, 0.25) is 0 Å². The summed E-state index contributed by atoms with van der Waals surface area (Å²) in [5.41, 5.74) is 3.24. The fraction of sp³-hybridized carbons (Fsp3) is 0.308. The van der Waals surface area contributed by atoms with Crippen LogP contribution in [-0.2, 0) is 9.31 Å². The van der Waals surface area contributed by atoms with Crippen LogP contribution in [0.5, 0.6) is 11.5 Å². The van der Waals surface area contributed by atoms with Gasteiger partial charge in [-0.1, -0.05) is 12.1 Å². The summed E-state index contributed by atoms with van der Waals surface area (Å²) in [5.74, 6) is 1.63. The summed E-state index contributed by atoms with van der Waals surface area (Å²) in [6.45, 7) is 8.27. The quantitative estimate of drug-likeness (QED) is 0.484. The maximum absolute atomic E-state index is 6.28. The molecule has 0 aliphatic carbocycles. The van der Waals surface area contributed by atoms with Gasteiger partial charge in [-0.25, -0.2) is 0 Å². The topological polar surface area (TPSA) is 40.2 Å². The molecule has 1 aliphatic rings. The van der Waals surface area contributed by atoms with Gasteiger partial charge in [-0.05, 0) is 93.8 Å². The van der Waals surface area contributed by atoms with Gasteiger partial charge in [0.25, 0.3) is 0 Å². The van der Waals surface area contributed by atoms with Crippen molar-refractivity contribution in [3.63, 3.8) is 0 Å². The van der Waals surface area contributed by atoms with Crippen molar-refractivity contribution in [2.45, 2.75) is 38.9 Å². The van der Waals surface area contributed by atoms with E-state index < -0.39 is 7.12 Å². The minimum Gasteiger partial charge on any atom is -0.497 e. The SMILES string of the molecule is COc1ccc(N(c2ccc(OC)cc2)c2cccc(B3OC(C)(C)C(C)(C)O3)c2)cc1. The number of hydrogen-bond donors (Lipinski definition) is 0. The molecule has 6 heteroatoms. The second-order valence-electron chi connectivity index (χ2n) is 8.91. The van der Waals surface area contributed by atoms with Gasteiger partial charge in [-0.3, -0.25) is 0 Å². The molecule has 166 valence electrons. The predicted molar refractivity (Wildman–Crippen MR) is 130 cm³/mol. The van der Waals surface area contributed by atoms with E-state index in [4.69, 9.17) is 18.8 Å². The minimum atomic E-state index is -0.423. The fourth-order valence-corrected chi connectivity index (χ4v) is 3.70. The molecule has 4 rings (SSSR count). The zero-order valence-corrected chi connectivity index (χ0v) is 19.6. The van der Waals surface area contributed by atoms with Crippen LogP contribution < -0.4 is 19.8 Å². The summed E-state index contributed by atoms with van der Waals surface area (Å²) in [4.78, 5) is 2.19. The molecule has 1 heterocycles. The lowest BCUT2D eigenvalue weighted by Gasteiger charge is -2.32. The van der Waals surface area contributed by atoms with Crippen molar-refractivity contribution in [1.29, 1.82) is 0 Å². The molecule has 0 unspecified atom stereocenters. The van der Waals surface area contributed by atoms with E-state index in [1.807, 2.05) is 60.7 Å². The first kappa shape index (κ1) is 22.2. The Kier molecular flexibility index (Phi) is 5.93. The molecule has 0 radical (unpaired) electrons. The van der Waals surface area contributed by atoms with Crippen molar-refractivity contribution in [3.8, 4) is 11.5 Å². The van der Waals surface area contributed by atoms with Gasteiger partial charge in [0.1, 0.15) is 11.5 Å². The van der Waals surface area contributed by atoms with Crippen molar-refractivity contribution in [2.24, 2.45) is 0 Å². The number of benzene rings is 3. The van der Waals surface area contributed by atoms with Gasteiger partial charge in [-0.15, -0.1) is 0 Å². The van der Waals surface area contributed by atoms with E-state index >= 15 is 0 Å². The Balaban J connectivity index is 1.75. The monoisotopic (exact) mass is 431 g/mol. The lowest BCUT2D eigenvalue weighted by Crippen LogP contribution is -2.41. The third-order valence-corrected chi connectivity index (χ3v) is 6.32. The van der Waals surface area contributed by atoms with E-state index in [9.17, 15) is 0 Å². The first-order valence-corrected chi connectivity index (χ1v) is 10.8. The van der Waals surface area contributed by atoms with E-state index in [1.54, 1.807) is 14.2 Å². The molecule has 5 nitrogen and oxygen atoms in total. The molecule has 32 heavy (non-hydrogen) atoms. The van der Waals surface area contributed by atoms with Crippen LogP contribution in [0, 0.1) is 0 Å². The predicted octanol–water partition coefficient (Wildman–Crippen LogP) is 5.47. The standard InChI is InChI=1S/C26H30BNO4/c1-25(2)26(3,4)32-27(31-25)19-8-7-9-22(18-19)28(20-10-14-23(29-5)15-11-20)21-12-16-24(30-6)17-13-21/h7-18H,1-6H3. The van der Waals surface area contributed by atoms with Crippen molar-refractivity contribution in [2.75, 3.05) is 19.1 Å². The highest BCUT2D eigenvalue weighted by Gasteiger charge is 2.51. The van der Waals surface area contributed by atoms with Crippen molar-refractivity contribution < 1.29 is 18.8 Å². The Hall–Kier alpha value is -2.96. The van der Waals surface area contributed by atoms with Crippen molar-refractivity contribution in [3.05, 3.63) is 72.8 Å². The Labute approximate surface area is 191 Å². The smallest absolute Gasteiger partial charge is 0.494 e. The number of methoxy groups -OCH3 is 2. The number of hydrogen-bond acceptors (Lipinski definition) is 5. The maximum Gasteiger partial charge on any atom is 0.494 e. The molecule has 0 atom stereocenters. The van der Waals surface area contributed by atoms with E-state index in [1.165, 1.54) is 0 Å². The maximum atomic E-state index is 6.28. The van der Waals surface area contributed by atoms with E-state index in [2.05, 4.69) is 44.7 Å². The molecule has 1 fully saturated rings. The van der Waals surface area contributed by atoms with Crippen LogP contribution in [0.3, 0.4) is 0 Å². The Morgan fingerprint density at radius 3 is 1.56 bits per heavy atom. The molecule has 0 saturated carbocycles. The normalized spacial score (nSPS) is 16.6. The average Bonchev–Trinajstić information content (AvgIpc) is 3.02. The summed E-state index contributed by atoms with van der Waals surface area (Å²) in [5, 5.41) is 0. The van der Waals surface area contributed by atoms with Crippen LogP contribution in [-0.4, -0.2) is 32.5 Å². The third-order valence-electron chi connectivity index (χ3n) is 6.32. The summed E-state index contributed by atoms with van der Waals surface area (Å²) in [6.07, 6.45) is 0. The Bertz CT molecular complexity index is 1000. The highest BCUT2D eigenvalue weighted by molar-refractivity contribution is 6.62. The number of ether oxygens (including phenoxy) is 2. The third kappa shape index (κ3) is 4.21. The lowest BCUT2D eigenvalue weighted by molar-refractivity contribution is 0.00578. The van der Waals surface area contributed by atoms with Crippen molar-refractivity contribution >= 4 is 29.6 Å². The van der Waals surface area contributed by atoms with Crippen LogP contribution in [0.2, 0.25) is 0 Å². The molecule has 0 spiro atoms. The van der Waals surface area contributed by atoms with E-state index in [0.29, 0.717) is 0 Å². The van der Waals surface area contributed by atoms with E-state index in [0.717, 1.165) is 34.0 Å². The van der Waals surface area contributed by atoms with E-state index in [-0.39, 0.29) is 11.2 Å². The highest BCUT2D eigenvalue weighted by Crippen LogP contribution is 2.38. The summed E-state index contributed by atoms with van der Waals surface area (Å²) in [7, 11) is 2.92. The largest absolute Gasteiger partial charge is 0.497 e. The molecule has 3 aromatic rings. The molecular weight excluding hydrogens is 401 g/mol. The Morgan fingerprint density at radius 2 is 1.12 bits per heavy atom. The first-order chi connectivity index (χ1) is 15.2. The Morgan fingerprint density at radius 1 is 0.656 bits per heavy atom. The second-order valence-corrected chi connectivity index (χ2v) is 8.91. The summed E-state index contributed by atoms with van der Waals surface area (Å²) < 4.78 is 23.3. The van der Waals surface area contributed by atoms with Gasteiger partial charge in [0.15, 0.2) is 0 Å². The molecule has 3 aromatic carbocycles. The van der Waals surface area contributed by atoms with Crippen LogP contribution in [0.4, 0.5) is 17.1 Å². The molecule has 1 saturated heterocycles. The zero-order valence-electron chi connectivity index (χ0n) is 19.6. The van der Waals surface area contributed by atoms with Gasteiger partial charge >= 0.3 is 7.12 Å². The summed E-state index contributed by atoms with van der Waals surface area (Å²) in [6, 6.07) is 24.3. The van der Waals surface area contributed by atoms with Gasteiger partial charge < -0.3 is 23.7 Å². The van der Waals surface area contributed by atoms with Crippen LogP contribution in [0.1, 0.15) is 27.7 Å². The van der Waals surface area contributed by atoms with Crippen LogP contribution in [0.15, 0.2) is 72.8 Å². The molecule has 0 amide bonds. The molecule has 0 N–H and O–H groups in total.